The fraction of sp³-hybridized carbons (Fsp3) is 0.182. The van der Waals surface area contributed by atoms with Gasteiger partial charge in [0.1, 0.15) is 0 Å². The number of nitrogens with one attached hydrogen (secondary N) is 1. The van der Waals surface area contributed by atoms with Crippen molar-refractivity contribution >= 4 is 11.4 Å². The second-order valence-electron chi connectivity index (χ2n) is 3.31. The predicted octanol–water partition coefficient (Wildman–Crippen LogP) is 1.58. The molecule has 78 valence electrons. The van der Waals surface area contributed by atoms with Crippen LogP contribution in [-0.4, -0.2) is 16.1 Å². The van der Waals surface area contributed by atoms with E-state index in [1.807, 2.05) is 35.0 Å². The number of nitrogen functional groups attached to an aromatic ring is 1. The second kappa shape index (κ2) is 4.50. The van der Waals surface area contributed by atoms with Crippen LogP contribution in [0.1, 0.15) is 0 Å². The zero-order chi connectivity index (χ0) is 10.5. The van der Waals surface area contributed by atoms with Gasteiger partial charge in [0, 0.05) is 25.5 Å². The molecule has 0 unspecified atom stereocenters. The van der Waals surface area contributed by atoms with Crippen molar-refractivity contribution in [1.82, 2.24) is 9.55 Å². The van der Waals surface area contributed by atoms with Gasteiger partial charge in [-0.1, -0.05) is 12.1 Å². The number of para-hydroxylation sites is 2. The number of rotatable bonds is 4. The van der Waals surface area contributed by atoms with Crippen LogP contribution in [-0.2, 0) is 6.54 Å². The summed E-state index contributed by atoms with van der Waals surface area (Å²) in [5.74, 6) is 0. The van der Waals surface area contributed by atoms with Crippen molar-refractivity contribution in [3.63, 3.8) is 0 Å². The molecule has 0 radical (unpaired) electrons. The van der Waals surface area contributed by atoms with E-state index in [2.05, 4.69) is 10.3 Å². The summed E-state index contributed by atoms with van der Waals surface area (Å²) in [6.07, 6.45) is 5.52. The maximum atomic E-state index is 5.80. The Hall–Kier alpha value is -1.97. The summed E-state index contributed by atoms with van der Waals surface area (Å²) < 4.78 is 2.02. The number of nitrogens with two attached hydrogens (primary N) is 1. The van der Waals surface area contributed by atoms with Crippen molar-refractivity contribution in [2.75, 3.05) is 17.6 Å². The van der Waals surface area contributed by atoms with E-state index in [1.54, 1.807) is 12.5 Å². The van der Waals surface area contributed by atoms with E-state index >= 15 is 0 Å². The summed E-state index contributed by atoms with van der Waals surface area (Å²) in [4.78, 5) is 3.98. The number of hydrogen-bond acceptors (Lipinski definition) is 3. The fourth-order valence-corrected chi connectivity index (χ4v) is 1.40. The first-order valence-corrected chi connectivity index (χ1v) is 4.90. The summed E-state index contributed by atoms with van der Waals surface area (Å²) in [5.41, 5.74) is 7.56. The summed E-state index contributed by atoms with van der Waals surface area (Å²) >= 11 is 0. The van der Waals surface area contributed by atoms with Crippen LogP contribution in [0.5, 0.6) is 0 Å². The number of imidazole rings is 1. The highest BCUT2D eigenvalue weighted by Gasteiger charge is 1.95. The molecule has 1 heterocycles. The van der Waals surface area contributed by atoms with Gasteiger partial charge in [0.15, 0.2) is 0 Å². The van der Waals surface area contributed by atoms with Crippen LogP contribution >= 0.6 is 0 Å². The molecule has 0 aliphatic heterocycles. The predicted molar refractivity (Wildman–Crippen MR) is 61.6 cm³/mol. The number of hydrogen-bond donors (Lipinski definition) is 2. The number of benzene rings is 1. The van der Waals surface area contributed by atoms with E-state index < -0.39 is 0 Å². The van der Waals surface area contributed by atoms with Crippen molar-refractivity contribution in [3.05, 3.63) is 43.0 Å². The summed E-state index contributed by atoms with van der Waals surface area (Å²) in [7, 11) is 0. The quantitative estimate of drug-likeness (QED) is 0.740. The standard InChI is InChI=1S/C11H14N4/c12-10-3-1-2-4-11(10)14-6-8-15-7-5-13-9-15/h1-5,7,9,14H,6,8,12H2. The van der Waals surface area contributed by atoms with Gasteiger partial charge in [-0.15, -0.1) is 0 Å². The van der Waals surface area contributed by atoms with Crippen LogP contribution < -0.4 is 11.1 Å². The van der Waals surface area contributed by atoms with Crippen molar-refractivity contribution in [3.8, 4) is 0 Å². The third-order valence-electron chi connectivity index (χ3n) is 2.21. The number of nitrogens with zero attached hydrogens (tertiary/aromatic N) is 2. The molecule has 0 saturated carbocycles. The van der Waals surface area contributed by atoms with Crippen molar-refractivity contribution < 1.29 is 0 Å². The molecule has 0 bridgehead atoms. The van der Waals surface area contributed by atoms with Crippen LogP contribution in [0.15, 0.2) is 43.0 Å². The first-order valence-electron chi connectivity index (χ1n) is 4.90. The van der Waals surface area contributed by atoms with Crippen molar-refractivity contribution in [1.29, 1.82) is 0 Å². The van der Waals surface area contributed by atoms with Crippen LogP contribution in [0.25, 0.3) is 0 Å². The smallest absolute Gasteiger partial charge is 0.0946 e. The molecule has 3 N–H and O–H groups in total. The molecule has 0 amide bonds. The van der Waals surface area contributed by atoms with Gasteiger partial charge in [-0.3, -0.25) is 0 Å². The lowest BCUT2D eigenvalue weighted by Gasteiger charge is -2.08. The Labute approximate surface area is 88.7 Å². The zero-order valence-corrected chi connectivity index (χ0v) is 8.43. The van der Waals surface area contributed by atoms with Crippen LogP contribution in [0.3, 0.4) is 0 Å². The van der Waals surface area contributed by atoms with E-state index in [0.29, 0.717) is 0 Å². The Kier molecular flexibility index (Phi) is 2.88. The molecule has 0 aliphatic rings. The van der Waals surface area contributed by atoms with Gasteiger partial charge in [-0.25, -0.2) is 4.98 Å². The van der Waals surface area contributed by atoms with Crippen molar-refractivity contribution in [2.24, 2.45) is 0 Å². The maximum Gasteiger partial charge on any atom is 0.0946 e. The van der Waals surface area contributed by atoms with E-state index in [1.165, 1.54) is 0 Å². The van der Waals surface area contributed by atoms with Crippen molar-refractivity contribution in [2.45, 2.75) is 6.54 Å². The third-order valence-corrected chi connectivity index (χ3v) is 2.21. The monoisotopic (exact) mass is 202 g/mol. The van der Waals surface area contributed by atoms with Crippen LogP contribution in [0.2, 0.25) is 0 Å². The lowest BCUT2D eigenvalue weighted by molar-refractivity contribution is 0.727. The zero-order valence-electron chi connectivity index (χ0n) is 8.43. The molecule has 0 saturated heterocycles. The summed E-state index contributed by atoms with van der Waals surface area (Å²) in [5, 5.41) is 3.28. The van der Waals surface area contributed by atoms with E-state index in [4.69, 9.17) is 5.73 Å². The van der Waals surface area contributed by atoms with Gasteiger partial charge in [-0.05, 0) is 12.1 Å². The normalized spacial score (nSPS) is 10.1. The van der Waals surface area contributed by atoms with Crippen LogP contribution in [0.4, 0.5) is 11.4 Å². The van der Waals surface area contributed by atoms with Gasteiger partial charge in [-0.2, -0.15) is 0 Å². The average Bonchev–Trinajstić information content (AvgIpc) is 2.74. The molecule has 0 aliphatic carbocycles. The first kappa shape index (κ1) is 9.58. The minimum atomic E-state index is 0.781. The largest absolute Gasteiger partial charge is 0.397 e. The van der Waals surface area contributed by atoms with Gasteiger partial charge in [0.25, 0.3) is 0 Å². The second-order valence-corrected chi connectivity index (χ2v) is 3.31. The molecule has 1 aromatic carbocycles. The third kappa shape index (κ3) is 2.49. The number of aromatic nitrogens is 2. The average molecular weight is 202 g/mol. The number of anilines is 2. The van der Waals surface area contributed by atoms with Crippen LogP contribution in [0, 0.1) is 0 Å². The Morgan fingerprint density at radius 1 is 1.33 bits per heavy atom. The van der Waals surface area contributed by atoms with Gasteiger partial charge >= 0.3 is 0 Å². The molecule has 0 fully saturated rings. The Bertz CT molecular complexity index is 408. The molecule has 0 atom stereocenters. The van der Waals surface area contributed by atoms with Gasteiger partial charge in [0.05, 0.1) is 17.7 Å². The SMILES string of the molecule is Nc1ccccc1NCCn1ccnc1. The van der Waals surface area contributed by atoms with Gasteiger partial charge < -0.3 is 15.6 Å². The highest BCUT2D eigenvalue weighted by molar-refractivity contribution is 5.65. The Balaban J connectivity index is 1.86. The Morgan fingerprint density at radius 2 is 2.20 bits per heavy atom. The Morgan fingerprint density at radius 3 is 2.93 bits per heavy atom. The summed E-state index contributed by atoms with van der Waals surface area (Å²) in [6.45, 7) is 1.72. The highest BCUT2D eigenvalue weighted by atomic mass is 15.0. The first-order chi connectivity index (χ1) is 7.36. The fourth-order valence-electron chi connectivity index (χ4n) is 1.40. The lowest BCUT2D eigenvalue weighted by atomic mass is 10.3. The van der Waals surface area contributed by atoms with Gasteiger partial charge in [0.2, 0.25) is 0 Å². The molecule has 2 aromatic rings. The molecule has 4 nitrogen and oxygen atoms in total. The topological polar surface area (TPSA) is 55.9 Å². The van der Waals surface area contributed by atoms with E-state index in [0.717, 1.165) is 24.5 Å². The molecule has 2 rings (SSSR count). The minimum Gasteiger partial charge on any atom is -0.397 e. The molecule has 15 heavy (non-hydrogen) atoms. The van der Waals surface area contributed by atoms with E-state index in [-0.39, 0.29) is 0 Å². The lowest BCUT2D eigenvalue weighted by Crippen LogP contribution is -2.10. The molecule has 1 aromatic heterocycles. The minimum absolute atomic E-state index is 0.781. The molecule has 4 heteroatoms. The maximum absolute atomic E-state index is 5.80. The molecule has 0 spiro atoms. The highest BCUT2D eigenvalue weighted by Crippen LogP contribution is 2.15. The molecular weight excluding hydrogens is 188 g/mol. The molecular formula is C11H14N4. The summed E-state index contributed by atoms with van der Waals surface area (Å²) in [6, 6.07) is 7.76. The van der Waals surface area contributed by atoms with E-state index in [9.17, 15) is 0 Å².